The van der Waals surface area contributed by atoms with Crippen LogP contribution in [0.3, 0.4) is 0 Å². The van der Waals surface area contributed by atoms with E-state index >= 15 is 0 Å². The lowest BCUT2D eigenvalue weighted by atomic mass is 10.1. The molecule has 4 rings (SSSR count). The van der Waals surface area contributed by atoms with Crippen LogP contribution < -0.4 is 10.6 Å². The minimum absolute atomic E-state index is 0. The van der Waals surface area contributed by atoms with E-state index in [0.29, 0.717) is 11.7 Å². The Labute approximate surface area is 159 Å². The van der Waals surface area contributed by atoms with Gasteiger partial charge < -0.3 is 10.6 Å². The van der Waals surface area contributed by atoms with E-state index in [0.717, 1.165) is 63.4 Å². The lowest BCUT2D eigenvalue weighted by Crippen LogP contribution is -2.34. The van der Waals surface area contributed by atoms with Crippen LogP contribution in [-0.4, -0.2) is 43.5 Å². The van der Waals surface area contributed by atoms with Crippen molar-refractivity contribution in [2.45, 2.75) is 57.7 Å². The Bertz CT molecular complexity index is 750. The van der Waals surface area contributed by atoms with Gasteiger partial charge in [0.05, 0.1) is 12.1 Å². The summed E-state index contributed by atoms with van der Waals surface area (Å²) in [4.78, 5) is 17.2. The number of aryl methyl sites for hydroxylation is 2. The van der Waals surface area contributed by atoms with Crippen molar-refractivity contribution in [3.8, 4) is 0 Å². The molecule has 4 heterocycles. The van der Waals surface area contributed by atoms with Gasteiger partial charge in [0.15, 0.2) is 5.82 Å². The van der Waals surface area contributed by atoms with Crippen molar-refractivity contribution < 1.29 is 4.79 Å². The maximum Gasteiger partial charge on any atom is 0.272 e. The first-order valence-electron chi connectivity index (χ1n) is 9.25. The topological polar surface area (TPSA) is 89.7 Å². The van der Waals surface area contributed by atoms with Crippen molar-refractivity contribution >= 4 is 18.3 Å². The number of nitrogens with zero attached hydrogens (tertiary/aromatic N) is 5. The van der Waals surface area contributed by atoms with E-state index in [1.807, 2.05) is 22.5 Å². The number of rotatable bonds is 4. The van der Waals surface area contributed by atoms with Gasteiger partial charge in [-0.25, -0.2) is 9.67 Å². The molecule has 142 valence electrons. The molecule has 0 saturated carbocycles. The summed E-state index contributed by atoms with van der Waals surface area (Å²) in [5, 5.41) is 15.5. The lowest BCUT2D eigenvalue weighted by Gasteiger charge is -2.23. The summed E-state index contributed by atoms with van der Waals surface area (Å²) in [7, 11) is 0. The number of hydrogen-bond donors (Lipinski definition) is 2. The molecule has 0 bridgehead atoms. The summed E-state index contributed by atoms with van der Waals surface area (Å²) in [6.45, 7) is 4.89. The highest BCUT2D eigenvalue weighted by Crippen LogP contribution is 2.24. The number of aromatic nitrogens is 5. The van der Waals surface area contributed by atoms with Crippen molar-refractivity contribution in [1.29, 1.82) is 0 Å². The molecule has 26 heavy (non-hydrogen) atoms. The Morgan fingerprint density at radius 1 is 1.35 bits per heavy atom. The highest BCUT2D eigenvalue weighted by molar-refractivity contribution is 5.92. The second-order valence-electron chi connectivity index (χ2n) is 6.81. The molecule has 0 aromatic carbocycles. The average Bonchev–Trinajstić information content (AvgIpc) is 3.30. The molecule has 1 amide bonds. The van der Waals surface area contributed by atoms with Gasteiger partial charge in [-0.1, -0.05) is 6.92 Å². The zero-order valence-corrected chi connectivity index (χ0v) is 15.8. The van der Waals surface area contributed by atoms with E-state index < -0.39 is 0 Å². The minimum atomic E-state index is -0.137. The van der Waals surface area contributed by atoms with Crippen LogP contribution in [0.2, 0.25) is 0 Å². The molecule has 2 N–H and O–H groups in total. The predicted octanol–water partition coefficient (Wildman–Crippen LogP) is 1.65. The molecule has 1 fully saturated rings. The number of hydrogen-bond acceptors (Lipinski definition) is 5. The second kappa shape index (κ2) is 8.18. The van der Waals surface area contributed by atoms with E-state index in [1.165, 1.54) is 0 Å². The number of fused-ring (bicyclic) bond motifs is 1. The van der Waals surface area contributed by atoms with Crippen molar-refractivity contribution in [2.75, 3.05) is 13.1 Å². The number of halogens is 1. The molecule has 0 aliphatic carbocycles. The summed E-state index contributed by atoms with van der Waals surface area (Å²) in [5.41, 5.74) is 0.470. The molecule has 2 aliphatic rings. The smallest absolute Gasteiger partial charge is 0.272 e. The minimum Gasteiger partial charge on any atom is -0.341 e. The van der Waals surface area contributed by atoms with E-state index in [1.54, 1.807) is 6.07 Å². The van der Waals surface area contributed by atoms with E-state index in [4.69, 9.17) is 0 Å². The van der Waals surface area contributed by atoms with Crippen LogP contribution in [0.1, 0.15) is 66.8 Å². The fourth-order valence-electron chi connectivity index (χ4n) is 3.64. The molecule has 2 atom stereocenters. The average molecular weight is 380 g/mol. The molecule has 0 radical (unpaired) electrons. The Morgan fingerprint density at radius 2 is 2.23 bits per heavy atom. The standard InChI is InChI=1S/C17H25N7O.ClH/c1-2-15-20-16-13(6-4-9-24(16)22-15)19-17(25)14-7-10-23(21-14)12-5-3-8-18-11-12;/h7,10,12-13,18H,2-6,8-9,11H2,1H3,(H,19,25);1H. The van der Waals surface area contributed by atoms with Crippen LogP contribution in [-0.2, 0) is 13.0 Å². The van der Waals surface area contributed by atoms with Crippen LogP contribution in [0.15, 0.2) is 12.3 Å². The second-order valence-corrected chi connectivity index (χ2v) is 6.81. The highest BCUT2D eigenvalue weighted by atomic mass is 35.5. The van der Waals surface area contributed by atoms with Crippen molar-refractivity contribution in [2.24, 2.45) is 0 Å². The number of piperidine rings is 1. The van der Waals surface area contributed by atoms with Crippen LogP contribution in [0.25, 0.3) is 0 Å². The first-order valence-corrected chi connectivity index (χ1v) is 9.25. The lowest BCUT2D eigenvalue weighted by molar-refractivity contribution is 0.0920. The van der Waals surface area contributed by atoms with Gasteiger partial charge in [0.25, 0.3) is 5.91 Å². The van der Waals surface area contributed by atoms with Crippen LogP contribution >= 0.6 is 12.4 Å². The monoisotopic (exact) mass is 379 g/mol. The normalized spacial score (nSPS) is 22.3. The largest absolute Gasteiger partial charge is 0.341 e. The van der Waals surface area contributed by atoms with Crippen molar-refractivity contribution in [3.63, 3.8) is 0 Å². The van der Waals surface area contributed by atoms with Crippen molar-refractivity contribution in [3.05, 3.63) is 29.6 Å². The van der Waals surface area contributed by atoms with Gasteiger partial charge in [-0.15, -0.1) is 12.4 Å². The molecule has 2 aromatic rings. The van der Waals surface area contributed by atoms with E-state index in [2.05, 4.69) is 25.8 Å². The zero-order chi connectivity index (χ0) is 17.2. The van der Waals surface area contributed by atoms with Crippen LogP contribution in [0.4, 0.5) is 0 Å². The summed E-state index contributed by atoms with van der Waals surface area (Å²) in [6.07, 6.45) is 6.84. The SMILES string of the molecule is CCc1nc2n(n1)CCCC2NC(=O)c1ccn(C2CCCNC2)n1.Cl. The molecular formula is C17H26ClN7O. The van der Waals surface area contributed by atoms with Crippen LogP contribution in [0.5, 0.6) is 0 Å². The molecule has 2 unspecified atom stereocenters. The third-order valence-electron chi connectivity index (χ3n) is 5.03. The first-order chi connectivity index (χ1) is 12.2. The van der Waals surface area contributed by atoms with Gasteiger partial charge in [0.2, 0.25) is 0 Å². The van der Waals surface area contributed by atoms with Gasteiger partial charge in [-0.3, -0.25) is 9.48 Å². The number of carbonyl (C=O) groups excluding carboxylic acids is 1. The van der Waals surface area contributed by atoms with Gasteiger partial charge in [-0.2, -0.15) is 10.2 Å². The summed E-state index contributed by atoms with van der Waals surface area (Å²) < 4.78 is 3.85. The maximum absolute atomic E-state index is 12.6. The third kappa shape index (κ3) is 3.76. The molecule has 1 saturated heterocycles. The molecule has 9 heteroatoms. The number of carbonyl (C=O) groups is 1. The van der Waals surface area contributed by atoms with Crippen LogP contribution in [0, 0.1) is 0 Å². The maximum atomic E-state index is 12.6. The van der Waals surface area contributed by atoms with Crippen molar-refractivity contribution in [1.82, 2.24) is 35.2 Å². The summed E-state index contributed by atoms with van der Waals surface area (Å²) >= 11 is 0. The first kappa shape index (κ1) is 18.8. The fraction of sp³-hybridized carbons (Fsp3) is 0.647. The quantitative estimate of drug-likeness (QED) is 0.843. The van der Waals surface area contributed by atoms with Gasteiger partial charge >= 0.3 is 0 Å². The predicted molar refractivity (Wildman–Crippen MR) is 99.5 cm³/mol. The Kier molecular flexibility index (Phi) is 5.93. The van der Waals surface area contributed by atoms with Gasteiger partial charge in [-0.05, 0) is 38.3 Å². The zero-order valence-electron chi connectivity index (χ0n) is 15.0. The summed E-state index contributed by atoms with van der Waals surface area (Å²) in [5.74, 6) is 1.57. The number of amides is 1. The Morgan fingerprint density at radius 3 is 3.00 bits per heavy atom. The molecule has 2 aromatic heterocycles. The summed E-state index contributed by atoms with van der Waals surface area (Å²) in [6, 6.07) is 2.05. The molecular weight excluding hydrogens is 354 g/mol. The molecule has 2 aliphatic heterocycles. The highest BCUT2D eigenvalue weighted by Gasteiger charge is 2.27. The van der Waals surface area contributed by atoms with E-state index in [9.17, 15) is 4.79 Å². The Hall–Kier alpha value is -1.93. The Balaban J connectivity index is 0.00000196. The third-order valence-corrected chi connectivity index (χ3v) is 5.03. The van der Waals surface area contributed by atoms with Gasteiger partial charge in [0, 0.05) is 25.7 Å². The fourth-order valence-corrected chi connectivity index (χ4v) is 3.64. The van der Waals surface area contributed by atoms with Gasteiger partial charge in [0.1, 0.15) is 11.5 Å². The molecule has 0 spiro atoms. The molecule has 8 nitrogen and oxygen atoms in total. The van der Waals surface area contributed by atoms with E-state index in [-0.39, 0.29) is 24.4 Å². The number of nitrogens with one attached hydrogen (secondary N) is 2.